The SMILES string of the molecule is O=[PH](O)O[PH](=O)O.OCCOCCO. The molecule has 8 nitrogen and oxygen atoms in total. The van der Waals surface area contributed by atoms with Crippen molar-refractivity contribution in [2.45, 2.75) is 0 Å². The minimum absolute atomic E-state index is 0.0278. The largest absolute Gasteiger partial charge is 0.394 e. The first-order valence-electron chi connectivity index (χ1n) is 3.47. The summed E-state index contributed by atoms with van der Waals surface area (Å²) in [7, 11) is -6.40. The third kappa shape index (κ3) is 22.8. The van der Waals surface area contributed by atoms with Gasteiger partial charge in [0.15, 0.2) is 0 Å². The maximum atomic E-state index is 9.44. The van der Waals surface area contributed by atoms with E-state index in [2.05, 4.69) is 9.05 Å². The predicted molar refractivity (Wildman–Crippen MR) is 48.5 cm³/mol. The molecule has 0 fully saturated rings. The number of rotatable bonds is 6. The zero-order valence-corrected chi connectivity index (χ0v) is 9.25. The Balaban J connectivity index is 0. The average Bonchev–Trinajstić information content (AvgIpc) is 2.04. The Bertz CT molecular complexity index is 145. The second-order valence-corrected chi connectivity index (χ2v) is 3.57. The summed E-state index contributed by atoms with van der Waals surface area (Å²) in [4.78, 5) is 15.4. The highest BCUT2D eigenvalue weighted by Gasteiger charge is 1.93. The van der Waals surface area contributed by atoms with Gasteiger partial charge >= 0.3 is 16.5 Å². The lowest BCUT2D eigenvalue weighted by Crippen LogP contribution is -2.03. The highest BCUT2D eigenvalue weighted by molar-refractivity contribution is 7.46. The molecule has 0 aromatic carbocycles. The standard InChI is InChI=1S/C4H10O3.H4O5P2/c5-1-3-7-4-2-6;1-6(2)5-7(3)4/h5-6H,1-4H2;6-7H,(H,1,2)(H,3,4). The summed E-state index contributed by atoms with van der Waals surface area (Å²) in [5.74, 6) is 0. The molecule has 0 rings (SSSR count). The molecule has 0 spiro atoms. The first-order chi connectivity index (χ1) is 6.54. The first-order valence-corrected chi connectivity index (χ1v) is 6.00. The summed E-state index contributed by atoms with van der Waals surface area (Å²) >= 11 is 0. The average molecular weight is 252 g/mol. The van der Waals surface area contributed by atoms with Crippen molar-refractivity contribution in [1.82, 2.24) is 0 Å². The predicted octanol–water partition coefficient (Wildman–Crippen LogP) is -1.25. The van der Waals surface area contributed by atoms with Gasteiger partial charge in [0.05, 0.1) is 26.4 Å². The summed E-state index contributed by atoms with van der Waals surface area (Å²) in [6.07, 6.45) is 0. The third-order valence-electron chi connectivity index (χ3n) is 0.646. The Hall–Kier alpha value is 0.220. The fraction of sp³-hybridized carbons (Fsp3) is 1.00. The lowest BCUT2D eigenvalue weighted by atomic mass is 10.7. The minimum atomic E-state index is -3.20. The summed E-state index contributed by atoms with van der Waals surface area (Å²) in [5.41, 5.74) is 0. The Morgan fingerprint density at radius 3 is 1.43 bits per heavy atom. The van der Waals surface area contributed by atoms with Crippen LogP contribution in [-0.2, 0) is 18.2 Å². The van der Waals surface area contributed by atoms with Gasteiger partial charge in [-0.15, -0.1) is 0 Å². The van der Waals surface area contributed by atoms with Crippen molar-refractivity contribution in [1.29, 1.82) is 0 Å². The van der Waals surface area contributed by atoms with Crippen molar-refractivity contribution < 1.29 is 38.2 Å². The van der Waals surface area contributed by atoms with Crippen molar-refractivity contribution in [3.8, 4) is 0 Å². The van der Waals surface area contributed by atoms with E-state index in [9.17, 15) is 9.13 Å². The molecule has 2 atom stereocenters. The molecule has 0 saturated carbocycles. The van der Waals surface area contributed by atoms with Crippen LogP contribution in [0.5, 0.6) is 0 Å². The van der Waals surface area contributed by atoms with E-state index >= 15 is 0 Å². The van der Waals surface area contributed by atoms with Crippen LogP contribution in [0.2, 0.25) is 0 Å². The number of aliphatic hydroxyl groups is 2. The monoisotopic (exact) mass is 252 g/mol. The molecule has 0 heterocycles. The first kappa shape index (κ1) is 16.6. The van der Waals surface area contributed by atoms with Gasteiger partial charge in [0.1, 0.15) is 0 Å². The van der Waals surface area contributed by atoms with Crippen LogP contribution in [0.15, 0.2) is 0 Å². The van der Waals surface area contributed by atoms with Gasteiger partial charge in [0.2, 0.25) is 0 Å². The fourth-order valence-electron chi connectivity index (χ4n) is 0.306. The van der Waals surface area contributed by atoms with Crippen molar-refractivity contribution in [2.24, 2.45) is 0 Å². The zero-order chi connectivity index (χ0) is 11.4. The molecule has 4 N–H and O–H groups in total. The molecule has 2 unspecified atom stereocenters. The highest BCUT2D eigenvalue weighted by atomic mass is 31.2. The molecule has 0 aromatic rings. The Morgan fingerprint density at radius 1 is 0.929 bits per heavy atom. The normalized spacial score (nSPS) is 14.0. The molecular formula is C4H14O8P2. The number of hydrogen-bond donors (Lipinski definition) is 4. The van der Waals surface area contributed by atoms with Crippen LogP contribution in [0.1, 0.15) is 0 Å². The number of ether oxygens (including phenoxy) is 1. The third-order valence-corrected chi connectivity index (χ3v) is 2.04. The quantitative estimate of drug-likeness (QED) is 0.340. The second kappa shape index (κ2) is 13.2. The van der Waals surface area contributed by atoms with E-state index in [1.807, 2.05) is 0 Å². The van der Waals surface area contributed by atoms with Crippen LogP contribution in [0, 0.1) is 0 Å². The van der Waals surface area contributed by atoms with Crippen molar-refractivity contribution in [3.63, 3.8) is 0 Å². The molecule has 0 aromatic heterocycles. The van der Waals surface area contributed by atoms with E-state index in [4.69, 9.17) is 20.0 Å². The Kier molecular flexibility index (Phi) is 15.7. The molecule has 14 heavy (non-hydrogen) atoms. The minimum Gasteiger partial charge on any atom is -0.394 e. The highest BCUT2D eigenvalue weighted by Crippen LogP contribution is 2.30. The van der Waals surface area contributed by atoms with Crippen molar-refractivity contribution in [3.05, 3.63) is 0 Å². The van der Waals surface area contributed by atoms with Crippen LogP contribution < -0.4 is 0 Å². The molecule has 0 aliphatic carbocycles. The zero-order valence-electron chi connectivity index (χ0n) is 7.25. The lowest BCUT2D eigenvalue weighted by Gasteiger charge is -1.94. The molecule has 0 saturated heterocycles. The summed E-state index contributed by atoms with van der Waals surface area (Å²) in [6, 6.07) is 0. The Labute approximate surface area is 82.0 Å². The molecule has 0 radical (unpaired) electrons. The van der Waals surface area contributed by atoms with Gasteiger partial charge in [0, 0.05) is 0 Å². The van der Waals surface area contributed by atoms with Crippen molar-refractivity contribution in [2.75, 3.05) is 26.4 Å². The summed E-state index contributed by atoms with van der Waals surface area (Å²) < 4.78 is 27.0. The second-order valence-electron chi connectivity index (χ2n) is 1.69. The van der Waals surface area contributed by atoms with Gasteiger partial charge in [-0.3, -0.25) is 9.13 Å². The topological polar surface area (TPSA) is 134 Å². The fourth-order valence-corrected chi connectivity index (χ4v) is 0.903. The van der Waals surface area contributed by atoms with E-state index in [1.54, 1.807) is 0 Å². The van der Waals surface area contributed by atoms with Gasteiger partial charge in [-0.25, -0.2) is 4.31 Å². The summed E-state index contributed by atoms with van der Waals surface area (Å²) in [6.45, 7) is 0.696. The van der Waals surface area contributed by atoms with Gasteiger partial charge in [-0.2, -0.15) is 0 Å². The van der Waals surface area contributed by atoms with Crippen LogP contribution >= 0.6 is 16.5 Å². The van der Waals surface area contributed by atoms with E-state index in [0.717, 1.165) is 0 Å². The smallest absolute Gasteiger partial charge is 0.323 e. The van der Waals surface area contributed by atoms with Gasteiger partial charge in [0.25, 0.3) is 0 Å². The van der Waals surface area contributed by atoms with Crippen LogP contribution in [0.4, 0.5) is 0 Å². The van der Waals surface area contributed by atoms with Crippen LogP contribution in [-0.4, -0.2) is 46.4 Å². The van der Waals surface area contributed by atoms with Crippen molar-refractivity contribution >= 4 is 16.5 Å². The Morgan fingerprint density at radius 2 is 1.29 bits per heavy atom. The van der Waals surface area contributed by atoms with E-state index in [0.29, 0.717) is 13.2 Å². The van der Waals surface area contributed by atoms with Crippen LogP contribution in [0.3, 0.4) is 0 Å². The molecule has 0 aliphatic rings. The van der Waals surface area contributed by atoms with E-state index in [1.165, 1.54) is 0 Å². The maximum Gasteiger partial charge on any atom is 0.323 e. The lowest BCUT2D eigenvalue weighted by molar-refractivity contribution is 0.0650. The van der Waals surface area contributed by atoms with E-state index < -0.39 is 16.5 Å². The number of aliphatic hydroxyl groups excluding tert-OH is 2. The summed E-state index contributed by atoms with van der Waals surface area (Å²) in [5, 5.41) is 16.2. The molecule has 10 heteroatoms. The molecule has 88 valence electrons. The van der Waals surface area contributed by atoms with E-state index in [-0.39, 0.29) is 13.2 Å². The van der Waals surface area contributed by atoms with Gasteiger partial charge < -0.3 is 24.7 Å². The van der Waals surface area contributed by atoms with Gasteiger partial charge in [-0.1, -0.05) is 0 Å². The van der Waals surface area contributed by atoms with Gasteiger partial charge in [-0.05, 0) is 0 Å². The molecule has 0 bridgehead atoms. The number of hydrogen-bond acceptors (Lipinski definition) is 6. The molecular weight excluding hydrogens is 238 g/mol. The molecule has 0 amide bonds. The van der Waals surface area contributed by atoms with Crippen LogP contribution in [0.25, 0.3) is 0 Å². The maximum absolute atomic E-state index is 9.44. The molecule has 0 aliphatic heterocycles.